The van der Waals surface area contributed by atoms with Gasteiger partial charge in [0.15, 0.2) is 0 Å². The van der Waals surface area contributed by atoms with Gasteiger partial charge >= 0.3 is 0 Å². The highest BCUT2D eigenvalue weighted by Gasteiger charge is 2.31. The molecule has 76 valence electrons. The van der Waals surface area contributed by atoms with Crippen molar-refractivity contribution < 1.29 is 4.79 Å². The van der Waals surface area contributed by atoms with Crippen LogP contribution in [0.15, 0.2) is 16.6 Å². The Labute approximate surface area is 95.8 Å². The second kappa shape index (κ2) is 3.87. The number of rotatable bonds is 2. The molecule has 0 aliphatic carbocycles. The normalized spacial score (nSPS) is 11.4. The summed E-state index contributed by atoms with van der Waals surface area (Å²) in [5.74, 6) is -0.437. The quantitative estimate of drug-likeness (QED) is 0.843. The number of pyridine rings is 1. The van der Waals surface area contributed by atoms with Crippen molar-refractivity contribution in [3.05, 3.63) is 27.5 Å². The van der Waals surface area contributed by atoms with Gasteiger partial charge in [0, 0.05) is 4.47 Å². The van der Waals surface area contributed by atoms with Crippen LogP contribution in [-0.4, -0.2) is 10.9 Å². The molecule has 1 aromatic heterocycles. The first-order chi connectivity index (χ1) is 6.35. The van der Waals surface area contributed by atoms with Gasteiger partial charge in [0.1, 0.15) is 5.15 Å². The number of aromatic nitrogens is 1. The van der Waals surface area contributed by atoms with E-state index in [-0.39, 0.29) is 0 Å². The van der Waals surface area contributed by atoms with E-state index in [1.807, 2.05) is 0 Å². The molecule has 0 aromatic carbocycles. The molecule has 0 spiro atoms. The third kappa shape index (κ3) is 2.07. The van der Waals surface area contributed by atoms with Crippen LogP contribution in [0.4, 0.5) is 0 Å². The summed E-state index contributed by atoms with van der Waals surface area (Å²) in [4.78, 5) is 15.3. The molecule has 0 bridgehead atoms. The van der Waals surface area contributed by atoms with E-state index in [2.05, 4.69) is 20.9 Å². The highest BCUT2D eigenvalue weighted by atomic mass is 79.9. The van der Waals surface area contributed by atoms with Crippen LogP contribution in [0.5, 0.6) is 0 Å². The van der Waals surface area contributed by atoms with Gasteiger partial charge in [-0.25, -0.2) is 4.98 Å². The average molecular weight is 278 g/mol. The Morgan fingerprint density at radius 1 is 1.57 bits per heavy atom. The van der Waals surface area contributed by atoms with Crippen LogP contribution >= 0.6 is 27.5 Å². The van der Waals surface area contributed by atoms with Gasteiger partial charge in [0.05, 0.1) is 11.1 Å². The molecular weight excluding hydrogens is 267 g/mol. The number of amides is 1. The third-order valence-electron chi connectivity index (χ3n) is 2.02. The van der Waals surface area contributed by atoms with E-state index in [1.165, 1.54) is 0 Å². The lowest BCUT2D eigenvalue weighted by Crippen LogP contribution is -2.36. The highest BCUT2D eigenvalue weighted by molar-refractivity contribution is 9.10. The van der Waals surface area contributed by atoms with Gasteiger partial charge in [-0.15, -0.1) is 0 Å². The smallest absolute Gasteiger partial charge is 0.229 e. The topological polar surface area (TPSA) is 56.0 Å². The molecule has 1 amide bonds. The summed E-state index contributed by atoms with van der Waals surface area (Å²) >= 11 is 9.05. The lowest BCUT2D eigenvalue weighted by Gasteiger charge is -2.21. The van der Waals surface area contributed by atoms with E-state index in [0.717, 1.165) is 4.47 Å². The van der Waals surface area contributed by atoms with Crippen LogP contribution < -0.4 is 5.73 Å². The van der Waals surface area contributed by atoms with Crippen molar-refractivity contribution in [1.82, 2.24) is 4.98 Å². The minimum Gasteiger partial charge on any atom is -0.369 e. The predicted molar refractivity (Wildman–Crippen MR) is 59.2 cm³/mol. The van der Waals surface area contributed by atoms with Crippen molar-refractivity contribution in [3.63, 3.8) is 0 Å². The minimum absolute atomic E-state index is 0.345. The monoisotopic (exact) mass is 276 g/mol. The summed E-state index contributed by atoms with van der Waals surface area (Å²) in [5.41, 5.74) is 5.00. The van der Waals surface area contributed by atoms with Gasteiger partial charge in [-0.1, -0.05) is 11.6 Å². The molecule has 0 saturated heterocycles. The molecule has 0 aliphatic rings. The first-order valence-corrected chi connectivity index (χ1v) is 5.15. The number of nitrogens with zero attached hydrogens (tertiary/aromatic N) is 1. The summed E-state index contributed by atoms with van der Waals surface area (Å²) in [7, 11) is 0. The summed E-state index contributed by atoms with van der Waals surface area (Å²) in [6, 6.07) is 3.39. The van der Waals surface area contributed by atoms with E-state index in [0.29, 0.717) is 10.8 Å². The number of hydrogen-bond acceptors (Lipinski definition) is 2. The van der Waals surface area contributed by atoms with Crippen molar-refractivity contribution in [2.75, 3.05) is 0 Å². The van der Waals surface area contributed by atoms with Crippen LogP contribution in [0.3, 0.4) is 0 Å². The third-order valence-corrected chi connectivity index (χ3v) is 2.87. The maximum atomic E-state index is 11.2. The Hall–Kier alpha value is -0.610. The largest absolute Gasteiger partial charge is 0.369 e. The molecular formula is C9H10BrClN2O. The van der Waals surface area contributed by atoms with Crippen molar-refractivity contribution >= 4 is 33.4 Å². The number of nitrogens with two attached hydrogens (primary N) is 1. The van der Waals surface area contributed by atoms with Gasteiger partial charge in [-0.3, -0.25) is 4.79 Å². The zero-order valence-electron chi connectivity index (χ0n) is 7.84. The maximum absolute atomic E-state index is 11.2. The molecule has 2 N–H and O–H groups in total. The first-order valence-electron chi connectivity index (χ1n) is 3.98. The van der Waals surface area contributed by atoms with Gasteiger partial charge in [-0.05, 0) is 41.9 Å². The molecule has 0 radical (unpaired) electrons. The van der Waals surface area contributed by atoms with Crippen LogP contribution in [0, 0.1) is 0 Å². The summed E-state index contributed by atoms with van der Waals surface area (Å²) in [6.07, 6.45) is 0. The number of primary amides is 1. The Balaban J connectivity index is 3.31. The van der Waals surface area contributed by atoms with Crippen LogP contribution in [0.25, 0.3) is 0 Å². The molecule has 1 heterocycles. The lowest BCUT2D eigenvalue weighted by atomic mass is 9.88. The highest BCUT2D eigenvalue weighted by Crippen LogP contribution is 2.29. The number of hydrogen-bond donors (Lipinski definition) is 1. The van der Waals surface area contributed by atoms with E-state index in [4.69, 9.17) is 17.3 Å². The average Bonchev–Trinajstić information content (AvgIpc) is 2.08. The molecule has 0 aliphatic heterocycles. The fourth-order valence-electron chi connectivity index (χ4n) is 0.973. The molecule has 5 heteroatoms. The second-order valence-corrected chi connectivity index (χ2v) is 4.70. The maximum Gasteiger partial charge on any atom is 0.229 e. The van der Waals surface area contributed by atoms with E-state index >= 15 is 0 Å². The fraction of sp³-hybridized carbons (Fsp3) is 0.333. The number of halogens is 2. The predicted octanol–water partition coefficient (Wildman–Crippen LogP) is 2.26. The van der Waals surface area contributed by atoms with Crippen molar-refractivity contribution in [3.8, 4) is 0 Å². The Bertz CT molecular complexity index is 379. The lowest BCUT2D eigenvalue weighted by molar-refractivity contribution is -0.122. The SMILES string of the molecule is CC(C)(C(N)=O)c1nc(Cl)ccc1Br. The van der Waals surface area contributed by atoms with E-state index in [1.54, 1.807) is 26.0 Å². The molecule has 0 atom stereocenters. The molecule has 14 heavy (non-hydrogen) atoms. The molecule has 3 nitrogen and oxygen atoms in total. The van der Waals surface area contributed by atoms with Gasteiger partial charge < -0.3 is 5.73 Å². The van der Waals surface area contributed by atoms with Gasteiger partial charge in [-0.2, -0.15) is 0 Å². The zero-order valence-corrected chi connectivity index (χ0v) is 10.2. The molecule has 1 rings (SSSR count). The molecule has 0 fully saturated rings. The Kier molecular flexibility index (Phi) is 3.17. The van der Waals surface area contributed by atoms with Gasteiger partial charge in [0.25, 0.3) is 0 Å². The second-order valence-electron chi connectivity index (χ2n) is 3.45. The Morgan fingerprint density at radius 3 is 2.64 bits per heavy atom. The number of carbonyl (C=O) groups excluding carboxylic acids is 1. The molecule has 1 aromatic rings. The summed E-state index contributed by atoms with van der Waals surface area (Å²) in [5, 5.41) is 0.345. The summed E-state index contributed by atoms with van der Waals surface area (Å²) in [6.45, 7) is 3.41. The summed E-state index contributed by atoms with van der Waals surface area (Å²) < 4.78 is 0.728. The van der Waals surface area contributed by atoms with E-state index in [9.17, 15) is 4.79 Å². The van der Waals surface area contributed by atoms with Crippen LogP contribution in [0.2, 0.25) is 5.15 Å². The van der Waals surface area contributed by atoms with E-state index < -0.39 is 11.3 Å². The zero-order chi connectivity index (χ0) is 10.9. The van der Waals surface area contributed by atoms with Crippen molar-refractivity contribution in [2.24, 2.45) is 5.73 Å². The Morgan fingerprint density at radius 2 is 2.14 bits per heavy atom. The van der Waals surface area contributed by atoms with Crippen molar-refractivity contribution in [1.29, 1.82) is 0 Å². The van der Waals surface area contributed by atoms with Gasteiger partial charge in [0.2, 0.25) is 5.91 Å². The first kappa shape index (κ1) is 11.5. The van der Waals surface area contributed by atoms with Crippen LogP contribution in [-0.2, 0) is 10.2 Å². The standard InChI is InChI=1S/C9H10BrClN2O/c1-9(2,8(12)14)7-5(10)3-4-6(11)13-7/h3-4H,1-2H3,(H2,12,14). The number of carbonyl (C=O) groups is 1. The fourth-order valence-corrected chi connectivity index (χ4v) is 1.84. The molecule has 0 unspecified atom stereocenters. The molecule has 0 saturated carbocycles. The minimum atomic E-state index is -0.830. The van der Waals surface area contributed by atoms with Crippen molar-refractivity contribution in [2.45, 2.75) is 19.3 Å². The van der Waals surface area contributed by atoms with Crippen LogP contribution in [0.1, 0.15) is 19.5 Å².